The van der Waals surface area contributed by atoms with Gasteiger partial charge in [-0.25, -0.2) is 9.97 Å². The van der Waals surface area contributed by atoms with E-state index in [9.17, 15) is 4.79 Å². The lowest BCUT2D eigenvalue weighted by molar-refractivity contribution is -0.137. The zero-order chi connectivity index (χ0) is 26.5. The molecule has 0 bridgehead atoms. The number of nitrogens with one attached hydrogen (secondary N) is 1. The number of aromatic nitrogens is 2. The SMILES string of the molecule is Cc1ncc2c(n1)N(CC1CCN(CCC(=O)O)CC1)CCC2Nc1cccc(Oc2cccc(Cl)c2)c1. The van der Waals surface area contributed by atoms with Gasteiger partial charge >= 0.3 is 5.97 Å². The Kier molecular flexibility index (Phi) is 8.29. The normalized spacial score (nSPS) is 18.2. The highest BCUT2D eigenvalue weighted by Crippen LogP contribution is 2.36. The molecule has 2 aromatic carbocycles. The van der Waals surface area contributed by atoms with Crippen LogP contribution in [0.2, 0.25) is 5.02 Å². The van der Waals surface area contributed by atoms with Crippen molar-refractivity contribution in [1.82, 2.24) is 14.9 Å². The van der Waals surface area contributed by atoms with E-state index in [0.29, 0.717) is 23.2 Å². The van der Waals surface area contributed by atoms with Gasteiger partial charge in [-0.2, -0.15) is 0 Å². The Morgan fingerprint density at radius 2 is 1.87 bits per heavy atom. The number of likely N-dealkylation sites (tertiary alicyclic amines) is 1. The van der Waals surface area contributed by atoms with Gasteiger partial charge in [0.1, 0.15) is 23.1 Å². The fraction of sp³-hybridized carbons (Fsp3) is 0.414. The second-order valence-corrected chi connectivity index (χ2v) is 10.6. The summed E-state index contributed by atoms with van der Waals surface area (Å²) in [4.78, 5) is 25.0. The Balaban J connectivity index is 1.24. The van der Waals surface area contributed by atoms with Crippen molar-refractivity contribution in [2.24, 2.45) is 5.92 Å². The van der Waals surface area contributed by atoms with E-state index in [1.54, 1.807) is 6.07 Å². The van der Waals surface area contributed by atoms with Gasteiger partial charge in [0.2, 0.25) is 0 Å². The molecule has 1 saturated heterocycles. The average Bonchev–Trinajstić information content (AvgIpc) is 2.90. The molecule has 2 aliphatic heterocycles. The molecule has 8 nitrogen and oxygen atoms in total. The summed E-state index contributed by atoms with van der Waals surface area (Å²) in [5.74, 6) is 3.07. The molecule has 0 amide bonds. The number of carboxylic acid groups (broad SMARTS) is 1. The Labute approximate surface area is 228 Å². The van der Waals surface area contributed by atoms with E-state index < -0.39 is 5.97 Å². The number of hydrogen-bond acceptors (Lipinski definition) is 7. The van der Waals surface area contributed by atoms with E-state index in [-0.39, 0.29) is 12.5 Å². The van der Waals surface area contributed by atoms with Gasteiger partial charge in [-0.3, -0.25) is 4.79 Å². The van der Waals surface area contributed by atoms with Crippen LogP contribution in [0.25, 0.3) is 0 Å². The first-order valence-electron chi connectivity index (χ1n) is 13.3. The maximum absolute atomic E-state index is 10.9. The summed E-state index contributed by atoms with van der Waals surface area (Å²) in [6, 6.07) is 15.4. The smallest absolute Gasteiger partial charge is 0.304 e. The van der Waals surface area contributed by atoms with Crippen molar-refractivity contribution in [3.63, 3.8) is 0 Å². The number of aryl methyl sites for hydroxylation is 1. The van der Waals surface area contributed by atoms with Crippen molar-refractivity contribution in [2.75, 3.05) is 42.9 Å². The molecule has 0 radical (unpaired) electrons. The first kappa shape index (κ1) is 26.3. The highest BCUT2D eigenvalue weighted by molar-refractivity contribution is 6.30. The van der Waals surface area contributed by atoms with Gasteiger partial charge in [-0.05, 0) is 75.5 Å². The number of nitrogens with zero attached hydrogens (tertiary/aromatic N) is 4. The first-order valence-corrected chi connectivity index (χ1v) is 13.6. The van der Waals surface area contributed by atoms with Crippen LogP contribution in [0, 0.1) is 12.8 Å². The van der Waals surface area contributed by atoms with Gasteiger partial charge in [0.25, 0.3) is 0 Å². The largest absolute Gasteiger partial charge is 0.481 e. The van der Waals surface area contributed by atoms with Gasteiger partial charge in [-0.15, -0.1) is 0 Å². The van der Waals surface area contributed by atoms with Gasteiger partial charge < -0.3 is 25.0 Å². The van der Waals surface area contributed by atoms with Crippen LogP contribution in [0.5, 0.6) is 11.5 Å². The maximum atomic E-state index is 10.9. The maximum Gasteiger partial charge on any atom is 0.304 e. The summed E-state index contributed by atoms with van der Waals surface area (Å²) in [6.07, 6.45) is 5.27. The number of benzene rings is 2. The summed E-state index contributed by atoms with van der Waals surface area (Å²) in [5, 5.41) is 13.3. The van der Waals surface area contributed by atoms with Crippen molar-refractivity contribution >= 4 is 29.1 Å². The number of ether oxygens (including phenoxy) is 1. The predicted molar refractivity (Wildman–Crippen MR) is 149 cm³/mol. The van der Waals surface area contributed by atoms with Gasteiger partial charge in [-0.1, -0.05) is 23.7 Å². The van der Waals surface area contributed by atoms with E-state index in [0.717, 1.165) is 74.1 Å². The quantitative estimate of drug-likeness (QED) is 0.356. The summed E-state index contributed by atoms with van der Waals surface area (Å²) >= 11 is 6.10. The van der Waals surface area contributed by atoms with E-state index in [4.69, 9.17) is 26.4 Å². The molecule has 2 aliphatic rings. The third-order valence-corrected chi connectivity index (χ3v) is 7.55. The Bertz CT molecular complexity index is 1260. The Morgan fingerprint density at radius 1 is 1.11 bits per heavy atom. The molecule has 1 fully saturated rings. The van der Waals surface area contributed by atoms with Crippen LogP contribution < -0.4 is 15.0 Å². The van der Waals surface area contributed by atoms with Crippen LogP contribution in [0.1, 0.15) is 43.1 Å². The Morgan fingerprint density at radius 3 is 2.63 bits per heavy atom. The standard InChI is InChI=1S/C29H34ClN5O3/c1-20-31-18-26-27(33-23-5-3-7-25(17-23)38-24-6-2-4-22(30)16-24)10-15-35(29(26)32-20)19-21-8-12-34(13-9-21)14-11-28(36)37/h2-7,16-18,21,27,33H,8-15,19H2,1H3,(H,36,37). The minimum absolute atomic E-state index is 0.0983. The number of anilines is 2. The number of rotatable bonds is 9. The molecule has 1 unspecified atom stereocenters. The average molecular weight is 536 g/mol. The molecule has 1 aromatic heterocycles. The third-order valence-electron chi connectivity index (χ3n) is 7.31. The van der Waals surface area contributed by atoms with Crippen LogP contribution in [-0.4, -0.2) is 58.7 Å². The Hall–Kier alpha value is -3.36. The van der Waals surface area contributed by atoms with E-state index in [1.165, 1.54) is 0 Å². The van der Waals surface area contributed by atoms with Crippen LogP contribution in [-0.2, 0) is 4.79 Å². The zero-order valence-electron chi connectivity index (χ0n) is 21.6. The minimum atomic E-state index is -0.726. The summed E-state index contributed by atoms with van der Waals surface area (Å²) < 4.78 is 6.02. The lowest BCUT2D eigenvalue weighted by Crippen LogP contribution is -2.42. The van der Waals surface area contributed by atoms with Crippen molar-refractivity contribution in [3.8, 4) is 11.5 Å². The predicted octanol–water partition coefficient (Wildman–Crippen LogP) is 5.78. The molecule has 0 aliphatic carbocycles. The van der Waals surface area contributed by atoms with Crippen molar-refractivity contribution < 1.29 is 14.6 Å². The molecular weight excluding hydrogens is 502 g/mol. The molecule has 2 N–H and O–H groups in total. The summed E-state index contributed by atoms with van der Waals surface area (Å²) in [7, 11) is 0. The number of carboxylic acids is 1. The monoisotopic (exact) mass is 535 g/mol. The van der Waals surface area contributed by atoms with Crippen LogP contribution in [0.3, 0.4) is 0 Å². The van der Waals surface area contributed by atoms with Gasteiger partial charge in [0, 0.05) is 48.2 Å². The molecule has 0 saturated carbocycles. The highest BCUT2D eigenvalue weighted by Gasteiger charge is 2.30. The van der Waals surface area contributed by atoms with Crippen molar-refractivity contribution in [1.29, 1.82) is 0 Å². The molecule has 9 heteroatoms. The molecule has 3 heterocycles. The van der Waals surface area contributed by atoms with Crippen molar-refractivity contribution in [2.45, 2.75) is 38.6 Å². The molecule has 200 valence electrons. The number of fused-ring (bicyclic) bond motifs is 1. The molecule has 1 atom stereocenters. The molecule has 3 aromatic rings. The van der Waals surface area contributed by atoms with Gasteiger partial charge in [0.15, 0.2) is 0 Å². The van der Waals surface area contributed by atoms with E-state index in [1.807, 2.05) is 55.6 Å². The second-order valence-electron chi connectivity index (χ2n) is 10.1. The van der Waals surface area contributed by atoms with Crippen LogP contribution in [0.15, 0.2) is 54.7 Å². The number of halogens is 1. The van der Waals surface area contributed by atoms with Crippen LogP contribution in [0.4, 0.5) is 11.5 Å². The second kappa shape index (κ2) is 12.0. The fourth-order valence-corrected chi connectivity index (χ4v) is 5.50. The first-order chi connectivity index (χ1) is 18.4. The summed E-state index contributed by atoms with van der Waals surface area (Å²) in [5.41, 5.74) is 2.09. The summed E-state index contributed by atoms with van der Waals surface area (Å²) in [6.45, 7) is 6.37. The lowest BCUT2D eigenvalue weighted by Gasteiger charge is -2.39. The highest BCUT2D eigenvalue weighted by atomic mass is 35.5. The van der Waals surface area contributed by atoms with Crippen LogP contribution >= 0.6 is 11.6 Å². The van der Waals surface area contributed by atoms with Crippen molar-refractivity contribution in [3.05, 3.63) is 71.1 Å². The molecule has 38 heavy (non-hydrogen) atoms. The molecule has 5 rings (SSSR count). The number of piperidine rings is 1. The third kappa shape index (κ3) is 6.74. The molecule has 0 spiro atoms. The van der Waals surface area contributed by atoms with Gasteiger partial charge in [0.05, 0.1) is 12.5 Å². The topological polar surface area (TPSA) is 90.8 Å². The zero-order valence-corrected chi connectivity index (χ0v) is 22.4. The lowest BCUT2D eigenvalue weighted by atomic mass is 9.94. The van der Waals surface area contributed by atoms with E-state index >= 15 is 0 Å². The minimum Gasteiger partial charge on any atom is -0.481 e. The number of aliphatic carboxylic acids is 1. The number of carbonyl (C=O) groups is 1. The molecular formula is C29H34ClN5O3. The fourth-order valence-electron chi connectivity index (χ4n) is 5.32. The number of hydrogen-bond donors (Lipinski definition) is 2. The van der Waals surface area contributed by atoms with E-state index in [2.05, 4.69) is 20.1 Å².